The van der Waals surface area contributed by atoms with Crippen LogP contribution in [0.4, 0.5) is 0 Å². The average Bonchev–Trinajstić information content (AvgIpc) is 3.18. The number of piperidine rings is 1. The fraction of sp³-hybridized carbons (Fsp3) is 0.273. The van der Waals surface area contributed by atoms with Gasteiger partial charge in [-0.1, -0.05) is 48.5 Å². The summed E-state index contributed by atoms with van der Waals surface area (Å²) in [5.41, 5.74) is 1.82. The number of rotatable bonds is 4. The summed E-state index contributed by atoms with van der Waals surface area (Å²) in [6.45, 7) is 1.12. The molecule has 1 fully saturated rings. The second-order valence-corrected chi connectivity index (χ2v) is 7.04. The van der Waals surface area contributed by atoms with E-state index in [9.17, 15) is 9.90 Å². The molecule has 1 aliphatic heterocycles. The van der Waals surface area contributed by atoms with E-state index in [4.69, 9.17) is 0 Å². The van der Waals surface area contributed by atoms with Crippen LogP contribution in [0.15, 0.2) is 72.9 Å². The molecule has 5 heteroatoms. The van der Waals surface area contributed by atoms with Crippen LogP contribution in [0.3, 0.4) is 0 Å². The van der Waals surface area contributed by atoms with Crippen LogP contribution >= 0.6 is 0 Å². The zero-order valence-corrected chi connectivity index (χ0v) is 15.2. The van der Waals surface area contributed by atoms with Gasteiger partial charge in [-0.15, -0.1) is 0 Å². The molecule has 3 aromatic rings. The van der Waals surface area contributed by atoms with Crippen molar-refractivity contribution in [1.29, 1.82) is 0 Å². The lowest BCUT2D eigenvalue weighted by Gasteiger charge is -2.38. The van der Waals surface area contributed by atoms with Crippen molar-refractivity contribution in [3.63, 3.8) is 0 Å². The van der Waals surface area contributed by atoms with Crippen LogP contribution in [0, 0.1) is 0 Å². The minimum absolute atomic E-state index is 0.0587. The van der Waals surface area contributed by atoms with Gasteiger partial charge in [-0.05, 0) is 36.6 Å². The summed E-state index contributed by atoms with van der Waals surface area (Å²) in [5.74, 6) is 0.0587. The maximum atomic E-state index is 12.7. The molecule has 0 radical (unpaired) electrons. The van der Waals surface area contributed by atoms with Gasteiger partial charge in [0.05, 0.1) is 23.4 Å². The highest BCUT2D eigenvalue weighted by Gasteiger charge is 2.35. The fourth-order valence-electron chi connectivity index (χ4n) is 3.61. The van der Waals surface area contributed by atoms with Crippen LogP contribution in [0.25, 0.3) is 5.69 Å². The van der Waals surface area contributed by atoms with Crippen LogP contribution in [0.2, 0.25) is 0 Å². The largest absolute Gasteiger partial charge is 0.385 e. The number of nitrogens with zero attached hydrogens (tertiary/aromatic N) is 3. The van der Waals surface area contributed by atoms with E-state index in [1.807, 2.05) is 77.8 Å². The molecule has 1 saturated heterocycles. The Balaban J connectivity index is 1.37. The van der Waals surface area contributed by atoms with Crippen molar-refractivity contribution in [1.82, 2.24) is 14.7 Å². The quantitative estimate of drug-likeness (QED) is 0.777. The minimum Gasteiger partial charge on any atom is -0.385 e. The summed E-state index contributed by atoms with van der Waals surface area (Å²) in [7, 11) is 0. The normalized spacial score (nSPS) is 16.3. The van der Waals surface area contributed by atoms with E-state index in [-0.39, 0.29) is 12.3 Å². The summed E-state index contributed by atoms with van der Waals surface area (Å²) in [4.78, 5) is 14.5. The average molecular weight is 361 g/mol. The standard InChI is InChI=1S/C22H23N3O2/c26-21(17-19-11-14-25(23-19)20-9-5-2-6-10-20)24-15-12-22(27,13-16-24)18-7-3-1-4-8-18/h1-11,14,27H,12-13,15-17H2. The van der Waals surface area contributed by atoms with Crippen molar-refractivity contribution in [3.8, 4) is 5.69 Å². The van der Waals surface area contributed by atoms with Gasteiger partial charge in [0, 0.05) is 19.3 Å². The van der Waals surface area contributed by atoms with Crippen molar-refractivity contribution in [2.75, 3.05) is 13.1 Å². The van der Waals surface area contributed by atoms with E-state index in [0.29, 0.717) is 25.9 Å². The lowest BCUT2D eigenvalue weighted by molar-refractivity contribution is -0.135. The van der Waals surface area contributed by atoms with Crippen LogP contribution in [0.5, 0.6) is 0 Å². The summed E-state index contributed by atoms with van der Waals surface area (Å²) < 4.78 is 1.78. The number of hydrogen-bond acceptors (Lipinski definition) is 3. The van der Waals surface area contributed by atoms with E-state index in [0.717, 1.165) is 16.9 Å². The highest BCUT2D eigenvalue weighted by atomic mass is 16.3. The molecule has 5 nitrogen and oxygen atoms in total. The van der Waals surface area contributed by atoms with Gasteiger partial charge in [0.1, 0.15) is 0 Å². The van der Waals surface area contributed by atoms with E-state index in [1.165, 1.54) is 0 Å². The molecule has 1 N–H and O–H groups in total. The van der Waals surface area contributed by atoms with Gasteiger partial charge in [0.2, 0.25) is 5.91 Å². The predicted molar refractivity (Wildman–Crippen MR) is 103 cm³/mol. The summed E-state index contributed by atoms with van der Waals surface area (Å²) in [6, 6.07) is 21.5. The number of para-hydroxylation sites is 1. The lowest BCUT2D eigenvalue weighted by Crippen LogP contribution is -2.45. The van der Waals surface area contributed by atoms with Crippen molar-refractivity contribution in [2.24, 2.45) is 0 Å². The SMILES string of the molecule is O=C(Cc1ccn(-c2ccccc2)n1)N1CCC(O)(c2ccccc2)CC1. The van der Waals surface area contributed by atoms with Crippen molar-refractivity contribution in [3.05, 3.63) is 84.2 Å². The number of benzene rings is 2. The first kappa shape index (κ1) is 17.5. The summed E-state index contributed by atoms with van der Waals surface area (Å²) in [6.07, 6.45) is 3.27. The number of carbonyl (C=O) groups is 1. The molecule has 0 bridgehead atoms. The van der Waals surface area contributed by atoms with Gasteiger partial charge in [-0.25, -0.2) is 4.68 Å². The predicted octanol–water partition coefficient (Wildman–Crippen LogP) is 2.93. The third-order valence-electron chi connectivity index (χ3n) is 5.25. The highest BCUT2D eigenvalue weighted by molar-refractivity contribution is 5.78. The van der Waals surface area contributed by atoms with E-state index in [1.54, 1.807) is 4.68 Å². The number of amides is 1. The Kier molecular flexibility index (Phi) is 4.77. The van der Waals surface area contributed by atoms with Crippen LogP contribution in [-0.2, 0) is 16.8 Å². The summed E-state index contributed by atoms with van der Waals surface area (Å²) in [5, 5.41) is 15.4. The first-order valence-corrected chi connectivity index (χ1v) is 9.30. The topological polar surface area (TPSA) is 58.4 Å². The molecule has 0 unspecified atom stereocenters. The molecular formula is C22H23N3O2. The van der Waals surface area contributed by atoms with Gasteiger partial charge in [0.25, 0.3) is 0 Å². The summed E-state index contributed by atoms with van der Waals surface area (Å²) >= 11 is 0. The van der Waals surface area contributed by atoms with E-state index < -0.39 is 5.60 Å². The molecule has 1 amide bonds. The van der Waals surface area contributed by atoms with Gasteiger partial charge in [0.15, 0.2) is 0 Å². The third-order valence-corrected chi connectivity index (χ3v) is 5.25. The zero-order chi connectivity index (χ0) is 18.7. The molecule has 27 heavy (non-hydrogen) atoms. The van der Waals surface area contributed by atoms with Gasteiger partial charge < -0.3 is 10.0 Å². The Morgan fingerprint density at radius 3 is 2.26 bits per heavy atom. The van der Waals surface area contributed by atoms with Crippen molar-refractivity contribution < 1.29 is 9.90 Å². The van der Waals surface area contributed by atoms with E-state index >= 15 is 0 Å². The minimum atomic E-state index is -0.840. The molecule has 0 atom stereocenters. The second kappa shape index (κ2) is 7.37. The molecule has 4 rings (SSSR count). The molecule has 0 spiro atoms. The van der Waals surface area contributed by atoms with Gasteiger partial charge in [-0.2, -0.15) is 5.10 Å². The third kappa shape index (κ3) is 3.78. The fourth-order valence-corrected chi connectivity index (χ4v) is 3.61. The maximum Gasteiger partial charge on any atom is 0.228 e. The van der Waals surface area contributed by atoms with Crippen molar-refractivity contribution in [2.45, 2.75) is 24.9 Å². The number of hydrogen-bond donors (Lipinski definition) is 1. The van der Waals surface area contributed by atoms with Crippen LogP contribution in [0.1, 0.15) is 24.1 Å². The Morgan fingerprint density at radius 1 is 0.963 bits per heavy atom. The molecule has 1 aliphatic rings. The molecule has 0 aliphatic carbocycles. The number of aliphatic hydroxyl groups is 1. The zero-order valence-electron chi connectivity index (χ0n) is 15.2. The second-order valence-electron chi connectivity index (χ2n) is 7.04. The molecule has 0 saturated carbocycles. The maximum absolute atomic E-state index is 12.7. The first-order chi connectivity index (χ1) is 13.1. The number of aromatic nitrogens is 2. The molecule has 1 aromatic heterocycles. The lowest BCUT2D eigenvalue weighted by atomic mass is 9.84. The van der Waals surface area contributed by atoms with Crippen molar-refractivity contribution >= 4 is 5.91 Å². The number of carbonyl (C=O) groups excluding carboxylic acids is 1. The number of likely N-dealkylation sites (tertiary alicyclic amines) is 1. The van der Waals surface area contributed by atoms with Crippen LogP contribution in [-0.4, -0.2) is 38.8 Å². The molecule has 2 aromatic carbocycles. The van der Waals surface area contributed by atoms with Gasteiger partial charge >= 0.3 is 0 Å². The molecule has 2 heterocycles. The Labute approximate surface area is 158 Å². The smallest absolute Gasteiger partial charge is 0.228 e. The Morgan fingerprint density at radius 2 is 1.59 bits per heavy atom. The molecule has 138 valence electrons. The highest BCUT2D eigenvalue weighted by Crippen LogP contribution is 2.32. The monoisotopic (exact) mass is 361 g/mol. The van der Waals surface area contributed by atoms with E-state index in [2.05, 4.69) is 5.10 Å². The Hall–Kier alpha value is -2.92. The Bertz CT molecular complexity index is 898. The first-order valence-electron chi connectivity index (χ1n) is 9.30. The van der Waals surface area contributed by atoms with Gasteiger partial charge in [-0.3, -0.25) is 4.79 Å². The molecular weight excluding hydrogens is 338 g/mol. The van der Waals surface area contributed by atoms with Crippen LogP contribution < -0.4 is 0 Å².